The van der Waals surface area contributed by atoms with Crippen LogP contribution >= 0.6 is 0 Å². The van der Waals surface area contributed by atoms with Gasteiger partial charge in [0.15, 0.2) is 0 Å². The molecule has 0 aliphatic carbocycles. The number of para-hydroxylation sites is 2. The Morgan fingerprint density at radius 2 is 2.07 bits per heavy atom. The molecule has 1 aromatic carbocycles. The average Bonchev–Trinajstić information content (AvgIpc) is 3.32. The monoisotopic (exact) mass is 362 g/mol. The minimum atomic E-state index is -0.102. The second kappa shape index (κ2) is 6.06. The first-order valence-corrected chi connectivity index (χ1v) is 9.45. The predicted molar refractivity (Wildman–Crippen MR) is 106 cm³/mol. The lowest BCUT2D eigenvalue weighted by Crippen LogP contribution is -2.48. The summed E-state index contributed by atoms with van der Waals surface area (Å²) in [5.74, 6) is 2.15. The smallest absolute Gasteiger partial charge is 0.234 e. The molecule has 27 heavy (non-hydrogen) atoms. The van der Waals surface area contributed by atoms with Crippen molar-refractivity contribution in [3.05, 3.63) is 48.2 Å². The Morgan fingerprint density at radius 3 is 2.85 bits per heavy atom. The van der Waals surface area contributed by atoms with Gasteiger partial charge in [-0.15, -0.1) is 0 Å². The van der Waals surface area contributed by atoms with E-state index in [1.165, 1.54) is 10.9 Å². The molecule has 138 valence electrons. The molecule has 0 spiro atoms. The number of aromatic nitrogens is 5. The number of anilines is 1. The van der Waals surface area contributed by atoms with Gasteiger partial charge in [0.05, 0.1) is 24.1 Å². The number of aromatic amines is 3. The molecule has 1 saturated heterocycles. The van der Waals surface area contributed by atoms with Crippen LogP contribution in [0.5, 0.6) is 0 Å². The molecule has 0 atom stereocenters. The minimum Gasteiger partial charge on any atom is -0.341 e. The Balaban J connectivity index is 1.46. The van der Waals surface area contributed by atoms with Crippen LogP contribution in [0.1, 0.15) is 24.2 Å². The van der Waals surface area contributed by atoms with Gasteiger partial charge in [0.25, 0.3) is 0 Å². The van der Waals surface area contributed by atoms with Crippen molar-refractivity contribution in [2.45, 2.75) is 25.2 Å². The second-order valence-electron chi connectivity index (χ2n) is 7.52. The molecule has 1 fully saturated rings. The van der Waals surface area contributed by atoms with Gasteiger partial charge in [0.2, 0.25) is 17.8 Å². The summed E-state index contributed by atoms with van der Waals surface area (Å²) in [6.07, 6.45) is 5.70. The van der Waals surface area contributed by atoms with Crippen molar-refractivity contribution in [2.75, 3.05) is 24.5 Å². The summed E-state index contributed by atoms with van der Waals surface area (Å²) in [6, 6.07) is 8.18. The van der Waals surface area contributed by atoms with Crippen LogP contribution in [-0.2, 0) is 5.41 Å². The number of hydrogen-bond donors (Lipinski definition) is 3. The molecule has 0 radical (unpaired) electrons. The van der Waals surface area contributed by atoms with Crippen LogP contribution < -0.4 is 15.6 Å². The van der Waals surface area contributed by atoms with Crippen molar-refractivity contribution in [1.82, 2.24) is 19.9 Å². The van der Waals surface area contributed by atoms with Gasteiger partial charge in [-0.05, 0) is 37.5 Å². The molecular weight excluding hydrogens is 338 g/mol. The van der Waals surface area contributed by atoms with E-state index in [9.17, 15) is 0 Å². The molecule has 5 N–H and O–H groups in total. The van der Waals surface area contributed by atoms with Crippen molar-refractivity contribution < 1.29 is 4.98 Å². The summed E-state index contributed by atoms with van der Waals surface area (Å²) in [5, 5.41) is 1.17. The van der Waals surface area contributed by atoms with E-state index < -0.39 is 0 Å². The van der Waals surface area contributed by atoms with Crippen LogP contribution in [0.25, 0.3) is 22.1 Å². The number of nitrogens with two attached hydrogens (primary N) is 1. The van der Waals surface area contributed by atoms with E-state index in [2.05, 4.69) is 37.8 Å². The molecule has 4 heterocycles. The highest BCUT2D eigenvalue weighted by Gasteiger charge is 2.40. The number of hydrogen-bond acceptors (Lipinski definition) is 4. The van der Waals surface area contributed by atoms with Crippen LogP contribution in [0.15, 0.2) is 36.8 Å². The first-order valence-electron chi connectivity index (χ1n) is 9.45. The molecule has 7 heteroatoms. The number of nitrogens with one attached hydrogen (secondary N) is 3. The van der Waals surface area contributed by atoms with Crippen LogP contribution in [-0.4, -0.2) is 39.6 Å². The lowest BCUT2D eigenvalue weighted by atomic mass is 9.77. The van der Waals surface area contributed by atoms with Gasteiger partial charge in [-0.2, -0.15) is 0 Å². The predicted octanol–water partition coefficient (Wildman–Crippen LogP) is 2.06. The highest BCUT2D eigenvalue weighted by Crippen LogP contribution is 2.36. The molecule has 0 bridgehead atoms. The Labute approximate surface area is 157 Å². The molecule has 0 saturated carbocycles. The third-order valence-electron chi connectivity index (χ3n) is 6.01. The quantitative estimate of drug-likeness (QED) is 0.519. The topological polar surface area (TPSA) is 101 Å². The van der Waals surface area contributed by atoms with Gasteiger partial charge in [-0.3, -0.25) is 4.90 Å². The van der Waals surface area contributed by atoms with E-state index in [4.69, 9.17) is 10.7 Å². The van der Waals surface area contributed by atoms with Crippen molar-refractivity contribution in [2.24, 2.45) is 5.73 Å². The van der Waals surface area contributed by atoms with Gasteiger partial charge in [-0.25, -0.2) is 9.97 Å². The van der Waals surface area contributed by atoms with Crippen molar-refractivity contribution in [3.63, 3.8) is 0 Å². The maximum Gasteiger partial charge on any atom is 0.234 e. The zero-order valence-corrected chi connectivity index (χ0v) is 15.4. The number of aryl methyl sites for hydroxylation is 1. The molecule has 4 aromatic rings. The third-order valence-corrected chi connectivity index (χ3v) is 6.01. The minimum absolute atomic E-state index is 0.102. The summed E-state index contributed by atoms with van der Waals surface area (Å²) >= 11 is 0. The fourth-order valence-electron chi connectivity index (χ4n) is 4.29. The van der Waals surface area contributed by atoms with Gasteiger partial charge in [0, 0.05) is 18.2 Å². The van der Waals surface area contributed by atoms with Gasteiger partial charge in [0.1, 0.15) is 11.2 Å². The zero-order valence-electron chi connectivity index (χ0n) is 15.4. The lowest BCUT2D eigenvalue weighted by molar-refractivity contribution is -0.367. The van der Waals surface area contributed by atoms with E-state index in [1.54, 1.807) is 6.33 Å². The Hall–Kier alpha value is -2.93. The second-order valence-corrected chi connectivity index (χ2v) is 7.52. The first kappa shape index (κ1) is 16.3. The molecule has 0 unspecified atom stereocenters. The number of nitrogens with zero attached hydrogens (tertiary/aromatic N) is 3. The third kappa shape index (κ3) is 2.49. The molecule has 1 aliphatic rings. The van der Waals surface area contributed by atoms with E-state index in [1.807, 2.05) is 24.4 Å². The molecule has 0 amide bonds. The number of imidazole rings is 1. The SMILES string of the molecule is Cc1c[nH]c2nc[nH+]c(N3CCC(CN)(c4nc5ccccc5[nH]4)CC3)c12. The van der Waals surface area contributed by atoms with Crippen LogP contribution in [0.4, 0.5) is 5.82 Å². The normalized spacial score (nSPS) is 17.0. The number of benzene rings is 1. The Morgan fingerprint density at radius 1 is 1.26 bits per heavy atom. The molecular formula is C20H24N7+. The largest absolute Gasteiger partial charge is 0.341 e. The number of rotatable bonds is 3. The van der Waals surface area contributed by atoms with Crippen LogP contribution in [0, 0.1) is 6.92 Å². The maximum absolute atomic E-state index is 6.27. The van der Waals surface area contributed by atoms with E-state index >= 15 is 0 Å². The van der Waals surface area contributed by atoms with Gasteiger partial charge < -0.3 is 15.7 Å². The fraction of sp³-hybridized carbons (Fsp3) is 0.350. The summed E-state index contributed by atoms with van der Waals surface area (Å²) in [6.45, 7) is 4.56. The highest BCUT2D eigenvalue weighted by molar-refractivity contribution is 5.89. The zero-order chi connectivity index (χ0) is 18.4. The summed E-state index contributed by atoms with van der Waals surface area (Å²) in [5.41, 5.74) is 10.4. The number of H-pyrrole nitrogens is 3. The van der Waals surface area contributed by atoms with Gasteiger partial charge >= 0.3 is 0 Å². The van der Waals surface area contributed by atoms with E-state index in [0.29, 0.717) is 6.54 Å². The fourth-order valence-corrected chi connectivity index (χ4v) is 4.29. The molecule has 5 rings (SSSR count). The van der Waals surface area contributed by atoms with Crippen molar-refractivity contribution in [3.8, 4) is 0 Å². The van der Waals surface area contributed by atoms with E-state index in [-0.39, 0.29) is 5.41 Å². The van der Waals surface area contributed by atoms with Crippen molar-refractivity contribution >= 4 is 27.9 Å². The highest BCUT2D eigenvalue weighted by atomic mass is 15.2. The molecule has 3 aromatic heterocycles. The van der Waals surface area contributed by atoms with Crippen LogP contribution in [0.2, 0.25) is 0 Å². The number of fused-ring (bicyclic) bond motifs is 2. The Bertz CT molecular complexity index is 1070. The number of piperidine rings is 1. The average molecular weight is 362 g/mol. The Kier molecular flexibility index (Phi) is 3.65. The van der Waals surface area contributed by atoms with Crippen molar-refractivity contribution in [1.29, 1.82) is 0 Å². The first-order chi connectivity index (χ1) is 13.2. The molecule has 1 aliphatic heterocycles. The maximum atomic E-state index is 6.27. The molecule has 7 nitrogen and oxygen atoms in total. The summed E-state index contributed by atoms with van der Waals surface area (Å²) in [7, 11) is 0. The lowest BCUT2D eigenvalue weighted by Gasteiger charge is -2.38. The van der Waals surface area contributed by atoms with E-state index in [0.717, 1.165) is 54.3 Å². The van der Waals surface area contributed by atoms with Crippen LogP contribution in [0.3, 0.4) is 0 Å². The summed E-state index contributed by atoms with van der Waals surface area (Å²) in [4.78, 5) is 21.8. The standard InChI is InChI=1S/C20H23N7/c1-13-10-22-17-16(13)18(24-12-23-17)27-8-6-20(11-21,7-9-27)19-25-14-4-2-3-5-15(14)26-19/h2-5,10,12H,6-9,11,21H2,1H3,(H,25,26)(H,22,23,24)/p+1. The van der Waals surface area contributed by atoms with Gasteiger partial charge in [-0.1, -0.05) is 17.1 Å². The summed E-state index contributed by atoms with van der Waals surface area (Å²) < 4.78 is 0.